The van der Waals surface area contributed by atoms with E-state index in [2.05, 4.69) is 10.3 Å². The number of amides is 1. The molecule has 0 atom stereocenters. The Morgan fingerprint density at radius 3 is 2.67 bits per heavy atom. The van der Waals surface area contributed by atoms with Crippen molar-refractivity contribution in [1.82, 2.24) is 19.4 Å². The van der Waals surface area contributed by atoms with Crippen LogP contribution in [0.25, 0.3) is 11.0 Å². The summed E-state index contributed by atoms with van der Waals surface area (Å²) in [5, 5.41) is 3.13. The van der Waals surface area contributed by atoms with Gasteiger partial charge in [0.15, 0.2) is 0 Å². The molecule has 1 fully saturated rings. The van der Waals surface area contributed by atoms with Crippen LogP contribution in [0.3, 0.4) is 0 Å². The Labute approximate surface area is 167 Å². The third kappa shape index (κ3) is 4.13. The third-order valence-electron chi connectivity index (χ3n) is 4.95. The third-order valence-corrected chi connectivity index (χ3v) is 5.16. The Balaban J connectivity index is 1.87. The van der Waals surface area contributed by atoms with Crippen LogP contribution in [0.5, 0.6) is 0 Å². The Kier molecular flexibility index (Phi) is 4.06. The van der Waals surface area contributed by atoms with Crippen molar-refractivity contribution >= 4 is 28.7 Å². The average Bonchev–Trinajstić information content (AvgIpc) is 2.85. The maximum atomic E-state index is 13.0. The van der Waals surface area contributed by atoms with E-state index in [0.717, 1.165) is 4.57 Å². The van der Waals surface area contributed by atoms with Crippen molar-refractivity contribution in [3.63, 3.8) is 0 Å². The van der Waals surface area contributed by atoms with Gasteiger partial charge < -0.3 is 10.1 Å². The first-order chi connectivity index (χ1) is 13.7. The lowest BCUT2D eigenvalue weighted by molar-refractivity contribution is 0.0427. The van der Waals surface area contributed by atoms with Gasteiger partial charge >= 0.3 is 11.8 Å². The Bertz CT molecular complexity index is 1010. The molecule has 0 unspecified atom stereocenters. The van der Waals surface area contributed by atoms with E-state index in [1.54, 1.807) is 20.8 Å². The molecule has 0 saturated heterocycles. The number of carbonyl (C=O) groups excluding carboxylic acids is 1. The highest BCUT2D eigenvalue weighted by Gasteiger charge is 2.35. The summed E-state index contributed by atoms with van der Waals surface area (Å²) >= 11 is 6.02. The van der Waals surface area contributed by atoms with Crippen molar-refractivity contribution in [3.05, 3.63) is 27.9 Å². The molecule has 2 heterocycles. The van der Waals surface area contributed by atoms with Gasteiger partial charge in [-0.2, -0.15) is 0 Å². The summed E-state index contributed by atoms with van der Waals surface area (Å²) in [5.74, 6) is 0. The highest BCUT2D eigenvalue weighted by molar-refractivity contribution is 6.29. The number of halogens is 1. The van der Waals surface area contributed by atoms with Gasteiger partial charge in [0.1, 0.15) is 10.8 Å². The molecule has 7 nitrogen and oxygen atoms in total. The van der Waals surface area contributed by atoms with Crippen LogP contribution in [0.1, 0.15) is 63.5 Å². The van der Waals surface area contributed by atoms with Crippen molar-refractivity contribution in [3.8, 4) is 0 Å². The first-order valence-electron chi connectivity index (χ1n) is 10.5. The van der Waals surface area contributed by atoms with E-state index in [1.165, 1.54) is 16.8 Å². The molecular formula is C19H27ClN4O3. The molecule has 2 aromatic rings. The summed E-state index contributed by atoms with van der Waals surface area (Å²) in [6, 6.07) is 1.31. The minimum atomic E-state index is -2.63. The van der Waals surface area contributed by atoms with E-state index in [0.29, 0.717) is 31.2 Å². The second-order valence-electron chi connectivity index (χ2n) is 8.40. The number of nitrogens with zero attached hydrogens (tertiary/aromatic N) is 3. The lowest BCUT2D eigenvalue weighted by Crippen LogP contribution is -2.50. The van der Waals surface area contributed by atoms with Gasteiger partial charge in [-0.05, 0) is 53.4 Å². The van der Waals surface area contributed by atoms with Crippen LogP contribution in [-0.2, 0) is 11.7 Å². The number of hydrogen-bond acceptors (Lipinski definition) is 4. The van der Waals surface area contributed by atoms with Gasteiger partial charge in [0.2, 0.25) is 0 Å². The zero-order valence-corrected chi connectivity index (χ0v) is 16.8. The fourth-order valence-electron chi connectivity index (χ4n) is 3.62. The van der Waals surface area contributed by atoms with Gasteiger partial charge in [-0.3, -0.25) is 9.13 Å². The fourth-order valence-corrected chi connectivity index (χ4v) is 3.77. The topological polar surface area (TPSA) is 78.2 Å². The summed E-state index contributed by atoms with van der Waals surface area (Å²) in [5.41, 5.74) is -0.989. The first-order valence-corrected chi connectivity index (χ1v) is 9.38. The van der Waals surface area contributed by atoms with Crippen LogP contribution in [0.15, 0.2) is 17.1 Å². The predicted molar refractivity (Wildman–Crippen MR) is 105 cm³/mol. The van der Waals surface area contributed by atoms with E-state index in [-0.39, 0.29) is 16.7 Å². The fraction of sp³-hybridized carbons (Fsp3) is 0.632. The summed E-state index contributed by atoms with van der Waals surface area (Å²) < 4.78 is 30.9. The molecule has 3 rings (SSSR count). The number of aryl methyl sites for hydroxylation is 1. The van der Waals surface area contributed by atoms with Gasteiger partial charge in [-0.1, -0.05) is 11.6 Å². The number of fused-ring (bicyclic) bond motifs is 1. The number of pyridine rings is 1. The molecule has 1 N–H and O–H groups in total. The highest BCUT2D eigenvalue weighted by Crippen LogP contribution is 2.36. The molecule has 0 aliphatic heterocycles. The summed E-state index contributed by atoms with van der Waals surface area (Å²) in [6.45, 7) is 4.73. The molecule has 148 valence electrons. The predicted octanol–water partition coefficient (Wildman–Crippen LogP) is 3.79. The normalized spacial score (nSPS) is 25.5. The maximum Gasteiger partial charge on any atom is 0.408 e. The maximum absolute atomic E-state index is 13.0. The van der Waals surface area contributed by atoms with Crippen molar-refractivity contribution in [1.29, 1.82) is 0 Å². The standard InChI is InChI=1S/C19H27ClN4O3/c1-18(2,3)27-16(25)22-19(4)8-6-12(7-9-19)24-13-10-15(20)21-11-14(13)23(5)17(24)26/h10-12H,6-9H2,1-5H3,(H,22,25)/i5D3. The Hall–Kier alpha value is -2.02. The van der Waals surface area contributed by atoms with E-state index < -0.39 is 29.9 Å². The number of imidazole rings is 1. The molecule has 0 radical (unpaired) electrons. The van der Waals surface area contributed by atoms with Crippen molar-refractivity contribution < 1.29 is 13.6 Å². The van der Waals surface area contributed by atoms with Crippen molar-refractivity contribution in [2.24, 2.45) is 6.98 Å². The zero-order chi connectivity index (χ0) is 22.5. The summed E-state index contributed by atoms with van der Waals surface area (Å²) in [6.07, 6.45) is 3.25. The quantitative estimate of drug-likeness (QED) is 0.782. The van der Waals surface area contributed by atoms with E-state index >= 15 is 0 Å². The van der Waals surface area contributed by atoms with Crippen LogP contribution in [0, 0.1) is 0 Å². The lowest BCUT2D eigenvalue weighted by Gasteiger charge is -2.38. The Morgan fingerprint density at radius 2 is 2.07 bits per heavy atom. The van der Waals surface area contributed by atoms with Gasteiger partial charge in [-0.25, -0.2) is 14.6 Å². The zero-order valence-electron chi connectivity index (χ0n) is 19.0. The van der Waals surface area contributed by atoms with E-state index in [4.69, 9.17) is 20.5 Å². The largest absolute Gasteiger partial charge is 0.444 e. The molecule has 0 aromatic carbocycles. The number of carbonyl (C=O) groups is 1. The van der Waals surface area contributed by atoms with E-state index in [9.17, 15) is 9.59 Å². The van der Waals surface area contributed by atoms with Crippen LogP contribution in [0.4, 0.5) is 4.79 Å². The van der Waals surface area contributed by atoms with Crippen LogP contribution < -0.4 is 11.0 Å². The van der Waals surface area contributed by atoms with Crippen molar-refractivity contribution in [2.45, 2.75) is 70.6 Å². The molecule has 0 spiro atoms. The van der Waals surface area contributed by atoms with Crippen LogP contribution in [-0.4, -0.2) is 31.4 Å². The second kappa shape index (κ2) is 6.86. The Morgan fingerprint density at radius 1 is 1.41 bits per heavy atom. The molecule has 1 aliphatic carbocycles. The second-order valence-corrected chi connectivity index (χ2v) is 8.79. The highest BCUT2D eigenvalue weighted by atomic mass is 35.5. The van der Waals surface area contributed by atoms with Gasteiger partial charge in [0.05, 0.1) is 17.2 Å². The number of ether oxygens (including phenoxy) is 1. The number of rotatable bonds is 2. The average molecular weight is 398 g/mol. The van der Waals surface area contributed by atoms with E-state index in [1.807, 2.05) is 6.92 Å². The minimum absolute atomic E-state index is 0.186. The van der Waals surface area contributed by atoms with Crippen LogP contribution >= 0.6 is 11.6 Å². The molecule has 27 heavy (non-hydrogen) atoms. The van der Waals surface area contributed by atoms with Gasteiger partial charge in [0, 0.05) is 28.7 Å². The van der Waals surface area contributed by atoms with Crippen molar-refractivity contribution in [2.75, 3.05) is 0 Å². The van der Waals surface area contributed by atoms with Gasteiger partial charge in [-0.15, -0.1) is 0 Å². The SMILES string of the molecule is [2H]C([2H])([2H])n1c(=O)n(C2CCC(C)(NC(=O)OC(C)(C)C)CC2)c2cc(Cl)ncc21. The minimum Gasteiger partial charge on any atom is -0.444 e. The molecule has 8 heteroatoms. The molecular weight excluding hydrogens is 368 g/mol. The first kappa shape index (κ1) is 16.0. The number of aromatic nitrogens is 3. The van der Waals surface area contributed by atoms with Gasteiger partial charge in [0.25, 0.3) is 0 Å². The molecule has 1 aliphatic rings. The summed E-state index contributed by atoms with van der Waals surface area (Å²) in [4.78, 5) is 29.2. The number of nitrogens with one attached hydrogen (secondary N) is 1. The monoisotopic (exact) mass is 397 g/mol. The molecule has 0 bridgehead atoms. The molecule has 1 amide bonds. The molecule has 1 saturated carbocycles. The van der Waals surface area contributed by atoms with Crippen LogP contribution in [0.2, 0.25) is 5.15 Å². The smallest absolute Gasteiger partial charge is 0.408 e. The lowest BCUT2D eigenvalue weighted by atomic mass is 9.80. The summed E-state index contributed by atoms with van der Waals surface area (Å²) in [7, 11) is 0. The number of hydrogen-bond donors (Lipinski definition) is 1. The molecule has 2 aromatic heterocycles. The number of alkyl carbamates (subject to hydrolysis) is 1.